The molecule has 31 heavy (non-hydrogen) atoms. The zero-order valence-electron chi connectivity index (χ0n) is 17.7. The second-order valence-electron chi connectivity index (χ2n) is 7.46. The number of aromatic nitrogens is 1. The van der Waals surface area contributed by atoms with E-state index in [1.54, 1.807) is 18.4 Å². The number of carbonyl (C=O) groups is 1. The highest BCUT2D eigenvalue weighted by Crippen LogP contribution is 2.27. The van der Waals surface area contributed by atoms with E-state index >= 15 is 0 Å². The molecule has 0 saturated carbocycles. The van der Waals surface area contributed by atoms with Gasteiger partial charge in [-0.15, -0.1) is 11.3 Å². The standard InChI is InChI=1S/C25H25N3O2S/c1-28(12-13-30-2)16-20-14-19(8-10-22(20)18-6-4-3-5-7-18)25(29)27-21-9-11-24-23(15-21)26-17-31-24/h3-11,14-15,17H,12-13,16H2,1-2H3,(H,27,29). The fourth-order valence-electron chi connectivity index (χ4n) is 3.52. The summed E-state index contributed by atoms with van der Waals surface area (Å²) < 4.78 is 6.31. The molecule has 0 aliphatic heterocycles. The van der Waals surface area contributed by atoms with Crippen LogP contribution in [0.2, 0.25) is 0 Å². The third kappa shape index (κ3) is 5.17. The minimum Gasteiger partial charge on any atom is -0.383 e. The van der Waals surface area contributed by atoms with E-state index in [0.29, 0.717) is 12.2 Å². The monoisotopic (exact) mass is 431 g/mol. The van der Waals surface area contributed by atoms with Crippen LogP contribution in [0.1, 0.15) is 15.9 Å². The molecule has 1 amide bonds. The van der Waals surface area contributed by atoms with Crippen LogP contribution in [-0.2, 0) is 11.3 Å². The van der Waals surface area contributed by atoms with Gasteiger partial charge in [0.1, 0.15) is 0 Å². The van der Waals surface area contributed by atoms with Gasteiger partial charge in [0, 0.05) is 31.5 Å². The first kappa shape index (κ1) is 21.2. The number of amides is 1. The van der Waals surface area contributed by atoms with E-state index < -0.39 is 0 Å². The number of anilines is 1. The second kappa shape index (κ2) is 9.83. The highest BCUT2D eigenvalue weighted by atomic mass is 32.1. The van der Waals surface area contributed by atoms with E-state index in [9.17, 15) is 4.79 Å². The summed E-state index contributed by atoms with van der Waals surface area (Å²) in [7, 11) is 3.76. The fraction of sp³-hybridized carbons (Fsp3) is 0.200. The van der Waals surface area contributed by atoms with Crippen molar-refractivity contribution in [3.8, 4) is 11.1 Å². The molecule has 4 rings (SSSR count). The molecule has 158 valence electrons. The lowest BCUT2D eigenvalue weighted by Gasteiger charge is -2.19. The number of nitrogens with zero attached hydrogens (tertiary/aromatic N) is 2. The first-order valence-corrected chi connectivity index (χ1v) is 11.0. The number of carbonyl (C=O) groups excluding carboxylic acids is 1. The summed E-state index contributed by atoms with van der Waals surface area (Å²) in [5.74, 6) is -0.130. The van der Waals surface area contributed by atoms with Crippen molar-refractivity contribution in [3.05, 3.63) is 83.4 Å². The van der Waals surface area contributed by atoms with Crippen molar-refractivity contribution in [3.63, 3.8) is 0 Å². The largest absolute Gasteiger partial charge is 0.383 e. The molecular weight excluding hydrogens is 406 g/mol. The molecule has 1 heterocycles. The summed E-state index contributed by atoms with van der Waals surface area (Å²) in [5, 5.41) is 3.01. The Bertz CT molecular complexity index is 1170. The highest BCUT2D eigenvalue weighted by Gasteiger charge is 2.13. The normalized spacial score (nSPS) is 11.2. The summed E-state index contributed by atoms with van der Waals surface area (Å²) in [6, 6.07) is 22.0. The average Bonchev–Trinajstić information content (AvgIpc) is 3.26. The maximum atomic E-state index is 13.0. The Balaban J connectivity index is 1.60. The van der Waals surface area contributed by atoms with Crippen LogP contribution in [0.5, 0.6) is 0 Å². The third-order valence-corrected chi connectivity index (χ3v) is 5.97. The van der Waals surface area contributed by atoms with Crippen LogP contribution < -0.4 is 5.32 Å². The van der Waals surface area contributed by atoms with Gasteiger partial charge in [-0.1, -0.05) is 36.4 Å². The molecule has 3 aromatic carbocycles. The third-order valence-electron chi connectivity index (χ3n) is 5.16. The molecule has 0 bridgehead atoms. The molecule has 4 aromatic rings. The zero-order chi connectivity index (χ0) is 21.6. The van der Waals surface area contributed by atoms with Crippen LogP contribution in [0.25, 0.3) is 21.3 Å². The minimum absolute atomic E-state index is 0.130. The molecule has 0 fully saturated rings. The Hall–Kier alpha value is -3.06. The van der Waals surface area contributed by atoms with Crippen LogP contribution in [0.4, 0.5) is 5.69 Å². The number of methoxy groups -OCH3 is 1. The van der Waals surface area contributed by atoms with Crippen molar-refractivity contribution in [2.24, 2.45) is 0 Å². The van der Waals surface area contributed by atoms with Crippen LogP contribution >= 0.6 is 11.3 Å². The van der Waals surface area contributed by atoms with E-state index in [1.165, 1.54) is 0 Å². The van der Waals surface area contributed by atoms with Gasteiger partial charge >= 0.3 is 0 Å². The van der Waals surface area contributed by atoms with Crippen LogP contribution in [0, 0.1) is 0 Å². The Morgan fingerprint density at radius 1 is 1.10 bits per heavy atom. The molecule has 0 radical (unpaired) electrons. The van der Waals surface area contributed by atoms with Crippen molar-refractivity contribution < 1.29 is 9.53 Å². The Morgan fingerprint density at radius 2 is 1.94 bits per heavy atom. The number of hydrogen-bond acceptors (Lipinski definition) is 5. The summed E-state index contributed by atoms with van der Waals surface area (Å²) in [5.41, 5.74) is 7.45. The molecule has 0 spiro atoms. The topological polar surface area (TPSA) is 54.5 Å². The molecular formula is C25H25N3O2S. The number of nitrogens with one attached hydrogen (secondary N) is 1. The number of benzene rings is 3. The van der Waals surface area contributed by atoms with Crippen molar-refractivity contribution in [2.45, 2.75) is 6.54 Å². The highest BCUT2D eigenvalue weighted by molar-refractivity contribution is 7.16. The zero-order valence-corrected chi connectivity index (χ0v) is 18.5. The van der Waals surface area contributed by atoms with Gasteiger partial charge in [-0.2, -0.15) is 0 Å². The number of fused-ring (bicyclic) bond motifs is 1. The van der Waals surface area contributed by atoms with E-state index in [1.807, 2.05) is 60.1 Å². The van der Waals surface area contributed by atoms with E-state index in [0.717, 1.165) is 45.7 Å². The minimum atomic E-state index is -0.130. The van der Waals surface area contributed by atoms with Gasteiger partial charge in [0.25, 0.3) is 5.91 Å². The quantitative estimate of drug-likeness (QED) is 0.412. The smallest absolute Gasteiger partial charge is 0.255 e. The maximum Gasteiger partial charge on any atom is 0.255 e. The summed E-state index contributed by atoms with van der Waals surface area (Å²) in [6.45, 7) is 2.20. The van der Waals surface area contributed by atoms with Crippen molar-refractivity contribution in [1.82, 2.24) is 9.88 Å². The van der Waals surface area contributed by atoms with Crippen LogP contribution in [0.3, 0.4) is 0 Å². The molecule has 0 unspecified atom stereocenters. The van der Waals surface area contributed by atoms with Gasteiger partial charge < -0.3 is 10.1 Å². The van der Waals surface area contributed by atoms with E-state index in [2.05, 4.69) is 34.4 Å². The lowest BCUT2D eigenvalue weighted by molar-refractivity contribution is 0.102. The first-order chi connectivity index (χ1) is 15.1. The molecule has 6 heteroatoms. The SMILES string of the molecule is COCCN(C)Cc1cc(C(=O)Nc2ccc3scnc3c2)ccc1-c1ccccc1. The number of hydrogen-bond donors (Lipinski definition) is 1. The average molecular weight is 432 g/mol. The van der Waals surface area contributed by atoms with Gasteiger partial charge in [0.2, 0.25) is 0 Å². The summed E-state index contributed by atoms with van der Waals surface area (Å²) >= 11 is 1.59. The van der Waals surface area contributed by atoms with Crippen LogP contribution in [0.15, 0.2) is 72.2 Å². The van der Waals surface area contributed by atoms with Gasteiger partial charge in [0.15, 0.2) is 0 Å². The number of thiazole rings is 1. The predicted molar refractivity (Wildman–Crippen MR) is 128 cm³/mol. The van der Waals surface area contributed by atoms with Crippen molar-refractivity contribution >= 4 is 33.1 Å². The molecule has 1 N–H and O–H groups in total. The van der Waals surface area contributed by atoms with Gasteiger partial charge in [-0.3, -0.25) is 9.69 Å². The Morgan fingerprint density at radius 3 is 2.74 bits per heavy atom. The molecule has 0 atom stereocenters. The summed E-state index contributed by atoms with van der Waals surface area (Å²) in [6.07, 6.45) is 0. The number of ether oxygens (including phenoxy) is 1. The molecule has 0 aliphatic carbocycles. The predicted octanol–water partition coefficient (Wildman–Crippen LogP) is 5.29. The van der Waals surface area contributed by atoms with E-state index in [-0.39, 0.29) is 5.91 Å². The molecule has 0 aliphatic rings. The number of likely N-dealkylation sites (N-methyl/N-ethyl adjacent to an activating group) is 1. The molecule has 0 saturated heterocycles. The first-order valence-electron chi connectivity index (χ1n) is 10.1. The van der Waals surface area contributed by atoms with Gasteiger partial charge in [-0.25, -0.2) is 4.98 Å². The van der Waals surface area contributed by atoms with Gasteiger partial charge in [0.05, 0.1) is 22.3 Å². The van der Waals surface area contributed by atoms with Crippen molar-refractivity contribution in [1.29, 1.82) is 0 Å². The number of rotatable bonds is 8. The maximum absolute atomic E-state index is 13.0. The summed E-state index contributed by atoms with van der Waals surface area (Å²) in [4.78, 5) is 19.5. The van der Waals surface area contributed by atoms with Crippen LogP contribution in [-0.4, -0.2) is 43.1 Å². The Kier molecular flexibility index (Phi) is 6.72. The lowest BCUT2D eigenvalue weighted by atomic mass is 9.96. The Labute approximate surface area is 186 Å². The fourth-order valence-corrected chi connectivity index (χ4v) is 4.18. The van der Waals surface area contributed by atoms with Crippen molar-refractivity contribution in [2.75, 3.05) is 32.6 Å². The second-order valence-corrected chi connectivity index (χ2v) is 8.34. The molecule has 1 aromatic heterocycles. The van der Waals surface area contributed by atoms with Gasteiger partial charge in [-0.05, 0) is 54.1 Å². The lowest BCUT2D eigenvalue weighted by Crippen LogP contribution is -2.23. The van der Waals surface area contributed by atoms with E-state index in [4.69, 9.17) is 4.74 Å². The molecule has 5 nitrogen and oxygen atoms in total.